The molecule has 1 aromatic heterocycles. The minimum absolute atomic E-state index is 0.259. The van der Waals surface area contributed by atoms with Crippen LogP contribution in [0.15, 0.2) is 24.3 Å². The van der Waals surface area contributed by atoms with Crippen molar-refractivity contribution >= 4 is 24.1 Å². The Hall–Kier alpha value is -2.51. The van der Waals surface area contributed by atoms with E-state index in [1.54, 1.807) is 0 Å². The summed E-state index contributed by atoms with van der Waals surface area (Å²) in [6.45, 7) is 10.4. The number of aliphatic hydroxyl groups excluding tert-OH is 1. The molecule has 2 unspecified atom stereocenters. The number of fused-ring (bicyclic) bond motifs is 1. The van der Waals surface area contributed by atoms with Gasteiger partial charge in [-0.05, 0) is 49.4 Å². The second-order valence-electron chi connectivity index (χ2n) is 7.66. The molecule has 1 heterocycles. The predicted octanol–water partition coefficient (Wildman–Crippen LogP) is 4.37. The van der Waals surface area contributed by atoms with Crippen LogP contribution in [-0.2, 0) is 11.2 Å². The number of benzene rings is 1. The lowest BCUT2D eigenvalue weighted by Gasteiger charge is -2.15. The van der Waals surface area contributed by atoms with Crippen molar-refractivity contribution in [1.29, 1.82) is 0 Å². The predicted molar refractivity (Wildman–Crippen MR) is 126 cm³/mol. The lowest BCUT2D eigenvalue weighted by atomic mass is 10.0. The van der Waals surface area contributed by atoms with Gasteiger partial charge in [0.15, 0.2) is 11.6 Å². The smallest absolute Gasteiger partial charge is 0.163 e. The van der Waals surface area contributed by atoms with E-state index in [0.29, 0.717) is 24.4 Å². The van der Waals surface area contributed by atoms with Gasteiger partial charge in [0, 0.05) is 54.5 Å². The molecule has 0 saturated heterocycles. The summed E-state index contributed by atoms with van der Waals surface area (Å²) in [5.74, 6) is 1.66. The van der Waals surface area contributed by atoms with Crippen LogP contribution in [0.3, 0.4) is 0 Å². The van der Waals surface area contributed by atoms with Crippen molar-refractivity contribution < 1.29 is 14.7 Å². The van der Waals surface area contributed by atoms with Crippen molar-refractivity contribution in [3.05, 3.63) is 41.1 Å². The third kappa shape index (κ3) is 7.29. The maximum atomic E-state index is 11.7. The third-order valence-electron chi connectivity index (χ3n) is 5.34. The van der Waals surface area contributed by atoms with Gasteiger partial charge in [-0.2, -0.15) is 5.10 Å². The molecule has 1 aromatic carbocycles. The van der Waals surface area contributed by atoms with E-state index < -0.39 is 0 Å². The average molecular weight is 431 g/mol. The van der Waals surface area contributed by atoms with E-state index in [1.165, 1.54) is 25.0 Å². The molecule has 4 rings (SSSR count). The van der Waals surface area contributed by atoms with Crippen LogP contribution in [0, 0.1) is 0 Å². The number of hydrogen-bond donors (Lipinski definition) is 4. The Kier molecular flexibility index (Phi) is 11.7. The van der Waals surface area contributed by atoms with Crippen LogP contribution in [0.25, 0.3) is 0 Å². The molecule has 172 valence electrons. The van der Waals surface area contributed by atoms with E-state index in [9.17, 15) is 4.79 Å². The van der Waals surface area contributed by atoms with Gasteiger partial charge in [-0.15, -0.1) is 0 Å². The topological polar surface area (TPSA) is 107 Å². The van der Waals surface area contributed by atoms with Crippen LogP contribution in [0.2, 0.25) is 0 Å². The second-order valence-corrected chi connectivity index (χ2v) is 7.66. The van der Waals surface area contributed by atoms with E-state index in [1.807, 2.05) is 32.8 Å². The Labute approximate surface area is 186 Å². The molecule has 1 fully saturated rings. The number of aryl methyl sites for hydroxylation is 1. The Morgan fingerprint density at radius 2 is 1.84 bits per heavy atom. The average Bonchev–Trinajstić information content (AvgIpc) is 3.53. The first-order chi connectivity index (χ1) is 15.1. The van der Waals surface area contributed by atoms with Crippen LogP contribution < -0.4 is 10.6 Å². The SMILES string of the molecule is C=O.CC.CC(C)NC1CCC(c2cc(Nc3ccc4c(c3)CCC4=O)n[nH]2)C1.CO. The Morgan fingerprint density at radius 3 is 2.52 bits per heavy atom. The molecule has 0 bridgehead atoms. The van der Waals surface area contributed by atoms with Crippen LogP contribution in [0.5, 0.6) is 0 Å². The molecule has 2 aliphatic carbocycles. The number of aromatic amines is 1. The highest BCUT2D eigenvalue weighted by molar-refractivity contribution is 6.00. The van der Waals surface area contributed by atoms with Crippen LogP contribution in [-0.4, -0.2) is 47.1 Å². The highest BCUT2D eigenvalue weighted by Gasteiger charge is 2.27. The van der Waals surface area contributed by atoms with E-state index >= 15 is 0 Å². The lowest BCUT2D eigenvalue weighted by Crippen LogP contribution is -2.32. The van der Waals surface area contributed by atoms with Gasteiger partial charge in [0.2, 0.25) is 0 Å². The number of nitrogens with one attached hydrogen (secondary N) is 3. The van der Waals surface area contributed by atoms with E-state index in [-0.39, 0.29) is 5.78 Å². The zero-order chi connectivity index (χ0) is 23.4. The summed E-state index contributed by atoms with van der Waals surface area (Å²) >= 11 is 0. The molecule has 0 spiro atoms. The Balaban J connectivity index is 0.000000739. The maximum absolute atomic E-state index is 11.7. The number of anilines is 2. The van der Waals surface area contributed by atoms with Crippen molar-refractivity contribution in [2.75, 3.05) is 12.4 Å². The largest absolute Gasteiger partial charge is 0.400 e. The van der Waals surface area contributed by atoms with E-state index in [0.717, 1.165) is 36.2 Å². The summed E-state index contributed by atoms with van der Waals surface area (Å²) in [5, 5.41) is 21.6. The maximum Gasteiger partial charge on any atom is 0.163 e. The van der Waals surface area contributed by atoms with Crippen molar-refractivity contribution in [1.82, 2.24) is 15.5 Å². The minimum atomic E-state index is 0.259. The number of aromatic nitrogens is 2. The van der Waals surface area contributed by atoms with Crippen molar-refractivity contribution in [2.45, 2.75) is 77.8 Å². The highest BCUT2D eigenvalue weighted by atomic mass is 16.2. The number of aliphatic hydroxyl groups is 1. The highest BCUT2D eigenvalue weighted by Crippen LogP contribution is 2.35. The molecular weight excluding hydrogens is 392 g/mol. The summed E-state index contributed by atoms with van der Waals surface area (Å²) in [6, 6.07) is 9.25. The number of ketones is 1. The van der Waals surface area contributed by atoms with Gasteiger partial charge in [-0.1, -0.05) is 27.7 Å². The van der Waals surface area contributed by atoms with Crippen LogP contribution in [0.1, 0.15) is 80.9 Å². The van der Waals surface area contributed by atoms with Gasteiger partial charge >= 0.3 is 0 Å². The van der Waals surface area contributed by atoms with Crippen molar-refractivity contribution in [3.8, 4) is 0 Å². The normalized spacial score (nSPS) is 18.7. The van der Waals surface area contributed by atoms with Crippen LogP contribution >= 0.6 is 0 Å². The Bertz CT molecular complexity index is 804. The lowest BCUT2D eigenvalue weighted by molar-refractivity contribution is -0.0980. The van der Waals surface area contributed by atoms with Gasteiger partial charge in [0.1, 0.15) is 6.79 Å². The van der Waals surface area contributed by atoms with Crippen LogP contribution in [0.4, 0.5) is 11.5 Å². The molecule has 4 N–H and O–H groups in total. The number of hydrogen-bond acceptors (Lipinski definition) is 6. The second kappa shape index (κ2) is 13.7. The third-order valence-corrected chi connectivity index (χ3v) is 5.34. The molecule has 2 atom stereocenters. The van der Waals surface area contributed by atoms with Gasteiger partial charge in [0.05, 0.1) is 0 Å². The summed E-state index contributed by atoms with van der Waals surface area (Å²) in [6.07, 6.45) is 5.08. The minimum Gasteiger partial charge on any atom is -0.400 e. The fourth-order valence-electron chi connectivity index (χ4n) is 4.18. The molecule has 2 aromatic rings. The van der Waals surface area contributed by atoms with Gasteiger partial charge in [-0.3, -0.25) is 9.89 Å². The molecule has 2 aliphatic rings. The molecule has 0 amide bonds. The quantitative estimate of drug-likeness (QED) is 0.561. The molecule has 0 radical (unpaired) electrons. The number of carbonyl (C=O) groups is 2. The molecule has 31 heavy (non-hydrogen) atoms. The first kappa shape index (κ1) is 26.5. The monoisotopic (exact) mass is 430 g/mol. The molecule has 0 aliphatic heterocycles. The summed E-state index contributed by atoms with van der Waals surface area (Å²) in [7, 11) is 1.00. The summed E-state index contributed by atoms with van der Waals surface area (Å²) in [5.41, 5.74) is 4.23. The first-order valence-corrected chi connectivity index (χ1v) is 11.1. The fraction of sp³-hybridized carbons (Fsp3) is 0.542. The van der Waals surface area contributed by atoms with E-state index in [4.69, 9.17) is 9.90 Å². The summed E-state index contributed by atoms with van der Waals surface area (Å²) < 4.78 is 0. The molecule has 7 heteroatoms. The van der Waals surface area contributed by atoms with E-state index in [2.05, 4.69) is 46.8 Å². The zero-order valence-corrected chi connectivity index (χ0v) is 19.5. The van der Waals surface area contributed by atoms with Crippen molar-refractivity contribution in [3.63, 3.8) is 0 Å². The number of Topliss-reactive ketones (excluding diaryl/α,β-unsaturated/α-hetero) is 1. The number of H-pyrrole nitrogens is 1. The van der Waals surface area contributed by atoms with Gasteiger partial charge < -0.3 is 20.5 Å². The zero-order valence-electron chi connectivity index (χ0n) is 19.5. The Morgan fingerprint density at radius 1 is 1.13 bits per heavy atom. The number of rotatable bonds is 5. The number of carbonyl (C=O) groups excluding carboxylic acids is 2. The van der Waals surface area contributed by atoms with Crippen molar-refractivity contribution in [2.24, 2.45) is 0 Å². The summed E-state index contributed by atoms with van der Waals surface area (Å²) in [4.78, 5) is 19.7. The fourth-order valence-corrected chi connectivity index (χ4v) is 4.18. The van der Waals surface area contributed by atoms with Gasteiger partial charge in [-0.25, -0.2) is 0 Å². The standard InChI is InChI=1S/C20H26N4O.C2H6.CH4O.CH2O/c1-12(2)21-15-5-3-14(10-15)18-11-20(24-23-18)22-16-6-7-17-13(9-16)4-8-19(17)25;3*1-2/h6-7,9,11-12,14-15,21H,3-5,8,10H2,1-2H3,(H2,22,23,24);1-2H3;2H,1H3;1H2. The molecule has 7 nitrogen and oxygen atoms in total. The molecule has 1 saturated carbocycles. The van der Waals surface area contributed by atoms with Gasteiger partial charge in [0.25, 0.3) is 0 Å². The number of nitrogens with zero attached hydrogens (tertiary/aromatic N) is 1. The molecular formula is C24H38N4O3. The first-order valence-electron chi connectivity index (χ1n) is 11.1.